The topological polar surface area (TPSA) is 88.5 Å². The number of benzene rings is 2. The number of amides is 1. The van der Waals surface area contributed by atoms with Crippen molar-refractivity contribution in [1.82, 2.24) is 9.80 Å². The number of phenolic OH excluding ortho intramolecular Hbond substituents is 1. The van der Waals surface area contributed by atoms with Crippen LogP contribution in [0.3, 0.4) is 0 Å². The van der Waals surface area contributed by atoms with Crippen LogP contribution in [0.25, 0.3) is 6.08 Å². The van der Waals surface area contributed by atoms with E-state index < -0.39 is 29.5 Å². The Hall–Kier alpha value is -3.73. The number of rotatable bonds is 5. The van der Waals surface area contributed by atoms with Gasteiger partial charge in [-0.15, -0.1) is 13.2 Å². The monoisotopic (exact) mass is 572 g/mol. The Balaban J connectivity index is 1.35. The number of hydrogen-bond donors (Lipinski definition) is 1. The Morgan fingerprint density at radius 3 is 2.73 bits per heavy atom. The van der Waals surface area contributed by atoms with E-state index in [-0.39, 0.29) is 29.4 Å². The molecule has 6 rings (SSSR count). The lowest BCUT2D eigenvalue weighted by Crippen LogP contribution is -2.78. The molecule has 5 atom stereocenters. The van der Waals surface area contributed by atoms with E-state index in [4.69, 9.17) is 9.47 Å². The van der Waals surface area contributed by atoms with E-state index in [1.165, 1.54) is 37.3 Å². The molecule has 11 heteroatoms. The van der Waals surface area contributed by atoms with Crippen LogP contribution in [0.15, 0.2) is 42.5 Å². The van der Waals surface area contributed by atoms with Crippen molar-refractivity contribution >= 4 is 18.0 Å². The molecule has 41 heavy (non-hydrogen) atoms. The molecule has 4 aliphatic rings. The Morgan fingerprint density at radius 2 is 2.00 bits per heavy atom. The van der Waals surface area contributed by atoms with Crippen molar-refractivity contribution in [3.05, 3.63) is 59.2 Å². The van der Waals surface area contributed by atoms with E-state index >= 15 is 0 Å². The summed E-state index contributed by atoms with van der Waals surface area (Å²) in [5, 5.41) is 10.8. The highest BCUT2D eigenvalue weighted by Crippen LogP contribution is 2.66. The minimum Gasteiger partial charge on any atom is -0.504 e. The predicted octanol–water partition coefficient (Wildman–Crippen LogP) is 4.19. The van der Waals surface area contributed by atoms with Gasteiger partial charge >= 0.3 is 12.3 Å². The molecule has 8 nitrogen and oxygen atoms in total. The summed E-state index contributed by atoms with van der Waals surface area (Å²) in [5.41, 5.74) is 0.625. The fourth-order valence-electron chi connectivity index (χ4n) is 7.82. The first-order valence-electron chi connectivity index (χ1n) is 13.6. The molecule has 1 spiro atoms. The lowest BCUT2D eigenvalue weighted by molar-refractivity contribution is -0.274. The van der Waals surface area contributed by atoms with Crippen LogP contribution in [-0.2, 0) is 26.2 Å². The van der Waals surface area contributed by atoms with Crippen molar-refractivity contribution < 1.29 is 42.1 Å². The van der Waals surface area contributed by atoms with Crippen molar-refractivity contribution in [1.29, 1.82) is 0 Å². The van der Waals surface area contributed by atoms with Crippen LogP contribution >= 0.6 is 0 Å². The quantitative estimate of drug-likeness (QED) is 0.425. The van der Waals surface area contributed by atoms with Gasteiger partial charge < -0.3 is 24.2 Å². The number of likely N-dealkylation sites (N-methyl/N-ethyl adjacent to an activating group) is 2. The van der Waals surface area contributed by atoms with Gasteiger partial charge in [-0.1, -0.05) is 18.2 Å². The number of aromatic hydroxyl groups is 1. The highest BCUT2D eigenvalue weighted by Gasteiger charge is 2.75. The molecular formula is C30H31F3N2O6. The lowest BCUT2D eigenvalue weighted by Gasteiger charge is -2.65. The van der Waals surface area contributed by atoms with Crippen molar-refractivity contribution in [3.63, 3.8) is 0 Å². The third-order valence-electron chi connectivity index (χ3n) is 9.34. The van der Waals surface area contributed by atoms with Gasteiger partial charge in [0.05, 0.1) is 17.5 Å². The first kappa shape index (κ1) is 27.4. The molecule has 2 aromatic carbocycles. The van der Waals surface area contributed by atoms with E-state index in [0.717, 1.165) is 17.7 Å². The SMILES string of the molecule is CC(=O)O[C@@]12CC[C@@H](N(C)C(=O)C=Cc3cccc(OC(F)(F)F)c3)[C@@H]3Oc4c(O)ccc5c4[C@@]31CCN(C)[C@@H]2C5. The summed E-state index contributed by atoms with van der Waals surface area (Å²) in [6, 6.07) is 8.39. The van der Waals surface area contributed by atoms with Crippen molar-refractivity contribution in [2.75, 3.05) is 20.6 Å². The summed E-state index contributed by atoms with van der Waals surface area (Å²) in [7, 11) is 3.69. The highest BCUT2D eigenvalue weighted by atomic mass is 19.4. The molecule has 0 radical (unpaired) electrons. The number of likely N-dealkylation sites (tertiary alicyclic amines) is 1. The molecule has 2 aliphatic carbocycles. The van der Waals surface area contributed by atoms with Crippen molar-refractivity contribution in [2.24, 2.45) is 0 Å². The maximum atomic E-state index is 13.4. The minimum absolute atomic E-state index is 0.00945. The Bertz CT molecular complexity index is 1440. The Morgan fingerprint density at radius 1 is 1.22 bits per heavy atom. The van der Waals surface area contributed by atoms with Gasteiger partial charge in [-0.2, -0.15) is 0 Å². The second-order valence-corrected chi connectivity index (χ2v) is 11.4. The minimum atomic E-state index is -4.82. The number of carbonyl (C=O) groups is 2. The maximum absolute atomic E-state index is 13.4. The van der Waals surface area contributed by atoms with Crippen LogP contribution in [0.5, 0.6) is 17.2 Å². The molecule has 2 aromatic rings. The average Bonchev–Trinajstić information content (AvgIpc) is 3.25. The Kier molecular flexibility index (Phi) is 6.29. The summed E-state index contributed by atoms with van der Waals surface area (Å²) < 4.78 is 54.7. The summed E-state index contributed by atoms with van der Waals surface area (Å²) >= 11 is 0. The smallest absolute Gasteiger partial charge is 0.504 e. The zero-order chi connectivity index (χ0) is 29.3. The Labute approximate surface area is 235 Å². The van der Waals surface area contributed by atoms with Gasteiger partial charge in [-0.05, 0) is 74.7 Å². The fraction of sp³-hybridized carbons (Fsp3) is 0.467. The van der Waals surface area contributed by atoms with Crippen LogP contribution < -0.4 is 9.47 Å². The van der Waals surface area contributed by atoms with Gasteiger partial charge in [0, 0.05) is 25.6 Å². The number of nitrogens with zero attached hydrogens (tertiary/aromatic N) is 2. The largest absolute Gasteiger partial charge is 0.573 e. The van der Waals surface area contributed by atoms with E-state index in [9.17, 15) is 27.9 Å². The summed E-state index contributed by atoms with van der Waals surface area (Å²) in [6.07, 6.45) is -0.420. The van der Waals surface area contributed by atoms with Gasteiger partial charge in [-0.25, -0.2) is 0 Å². The second-order valence-electron chi connectivity index (χ2n) is 11.4. The van der Waals surface area contributed by atoms with Crippen molar-refractivity contribution in [3.8, 4) is 17.2 Å². The van der Waals surface area contributed by atoms with Gasteiger partial charge in [0.1, 0.15) is 17.5 Å². The zero-order valence-corrected chi connectivity index (χ0v) is 22.9. The van der Waals surface area contributed by atoms with E-state index in [2.05, 4.69) is 9.64 Å². The molecule has 1 saturated carbocycles. The van der Waals surface area contributed by atoms with Crippen LogP contribution in [0.2, 0.25) is 0 Å². The number of hydrogen-bond acceptors (Lipinski definition) is 7. The number of ether oxygens (including phenoxy) is 3. The van der Waals surface area contributed by atoms with Gasteiger partial charge in [0.15, 0.2) is 11.5 Å². The van der Waals surface area contributed by atoms with Crippen LogP contribution in [0.4, 0.5) is 13.2 Å². The highest BCUT2D eigenvalue weighted by molar-refractivity contribution is 5.92. The van der Waals surface area contributed by atoms with Crippen LogP contribution in [-0.4, -0.2) is 77.6 Å². The number of halogens is 3. The average molecular weight is 573 g/mol. The standard InChI is InChI=1S/C30H31F3N2O6/c1-17(36)40-29-12-11-21(35(3)24(38)10-7-18-5-4-6-20(15-18)41-30(31,32)33)27-28(29)13-14-34(2)23(29)16-19-8-9-22(37)26(39-27)25(19)28/h4-10,15,21,23,27,37H,11-14,16H2,1-3H3/t21-,23-,27+,28+,29-/m1/s1. The van der Waals surface area contributed by atoms with E-state index in [1.807, 2.05) is 13.1 Å². The molecule has 2 aliphatic heterocycles. The molecule has 2 fully saturated rings. The molecular weight excluding hydrogens is 541 g/mol. The molecule has 0 aromatic heterocycles. The molecule has 0 unspecified atom stereocenters. The molecule has 218 valence electrons. The van der Waals surface area contributed by atoms with E-state index in [1.54, 1.807) is 24.1 Å². The summed E-state index contributed by atoms with van der Waals surface area (Å²) in [5.74, 6) is -0.733. The van der Waals surface area contributed by atoms with Crippen LogP contribution in [0, 0.1) is 0 Å². The normalized spacial score (nSPS) is 30.0. The number of esters is 1. The van der Waals surface area contributed by atoms with Gasteiger partial charge in [0.25, 0.3) is 0 Å². The third-order valence-corrected chi connectivity index (χ3v) is 9.34. The number of alkyl halides is 3. The first-order valence-corrected chi connectivity index (χ1v) is 13.6. The second kappa shape index (κ2) is 9.40. The predicted molar refractivity (Wildman–Crippen MR) is 141 cm³/mol. The maximum Gasteiger partial charge on any atom is 0.573 e. The number of piperidine rings is 1. The summed E-state index contributed by atoms with van der Waals surface area (Å²) in [4.78, 5) is 29.8. The molecule has 1 N–H and O–H groups in total. The summed E-state index contributed by atoms with van der Waals surface area (Å²) in [6.45, 7) is 2.13. The fourth-order valence-corrected chi connectivity index (χ4v) is 7.82. The molecule has 2 heterocycles. The third kappa shape index (κ3) is 4.15. The molecule has 2 bridgehead atoms. The van der Waals surface area contributed by atoms with Gasteiger partial charge in [-0.3, -0.25) is 14.5 Å². The van der Waals surface area contributed by atoms with E-state index in [0.29, 0.717) is 37.0 Å². The molecule has 1 saturated heterocycles. The number of carbonyl (C=O) groups excluding carboxylic acids is 2. The zero-order valence-electron chi connectivity index (χ0n) is 22.9. The first-order chi connectivity index (χ1) is 19.4. The van der Waals surface area contributed by atoms with Crippen LogP contribution in [0.1, 0.15) is 42.9 Å². The van der Waals surface area contributed by atoms with Gasteiger partial charge in [0.2, 0.25) is 5.91 Å². The molecule has 1 amide bonds. The van der Waals surface area contributed by atoms with Crippen molar-refractivity contribution in [2.45, 2.75) is 68.2 Å². The lowest BCUT2D eigenvalue weighted by atomic mass is 9.48. The number of phenols is 1.